The third-order valence-corrected chi connectivity index (χ3v) is 4.48. The molecule has 2 aromatic rings. The third-order valence-electron chi connectivity index (χ3n) is 2.78. The zero-order chi connectivity index (χ0) is 14.7. The number of hydrogen-bond acceptors (Lipinski definition) is 2. The SMILES string of the molecule is OCC(Nc1ccc(Cl)c(Br)c1)c1cc(Br)ccc1F. The predicted molar refractivity (Wildman–Crippen MR) is 86.7 cm³/mol. The highest BCUT2D eigenvalue weighted by Gasteiger charge is 2.15. The fraction of sp³-hybridized carbons (Fsp3) is 0.143. The summed E-state index contributed by atoms with van der Waals surface area (Å²) in [4.78, 5) is 0. The lowest BCUT2D eigenvalue weighted by Gasteiger charge is -2.19. The van der Waals surface area contributed by atoms with Crippen LogP contribution in [0.25, 0.3) is 0 Å². The molecule has 0 aliphatic rings. The number of aliphatic hydroxyl groups is 1. The van der Waals surface area contributed by atoms with Crippen LogP contribution in [0.15, 0.2) is 45.3 Å². The van der Waals surface area contributed by atoms with Crippen LogP contribution in [0, 0.1) is 5.82 Å². The highest BCUT2D eigenvalue weighted by Crippen LogP contribution is 2.29. The molecule has 0 bridgehead atoms. The minimum absolute atomic E-state index is 0.229. The van der Waals surface area contributed by atoms with Gasteiger partial charge in [0.15, 0.2) is 0 Å². The number of rotatable bonds is 4. The van der Waals surface area contributed by atoms with Gasteiger partial charge in [-0.3, -0.25) is 0 Å². The van der Waals surface area contributed by atoms with Crippen LogP contribution in [0.1, 0.15) is 11.6 Å². The maximum atomic E-state index is 13.9. The van der Waals surface area contributed by atoms with E-state index in [0.717, 1.165) is 14.6 Å². The summed E-state index contributed by atoms with van der Waals surface area (Å²) in [6, 6.07) is 9.36. The molecule has 0 aliphatic heterocycles. The summed E-state index contributed by atoms with van der Waals surface area (Å²) in [5.74, 6) is -0.368. The van der Waals surface area contributed by atoms with Crippen LogP contribution in [0.3, 0.4) is 0 Å². The average Bonchev–Trinajstić information content (AvgIpc) is 2.43. The van der Waals surface area contributed by atoms with E-state index in [1.807, 2.05) is 0 Å². The van der Waals surface area contributed by atoms with E-state index in [2.05, 4.69) is 37.2 Å². The second kappa shape index (κ2) is 6.89. The minimum Gasteiger partial charge on any atom is -0.394 e. The molecule has 2 nitrogen and oxygen atoms in total. The normalized spacial score (nSPS) is 12.2. The highest BCUT2D eigenvalue weighted by molar-refractivity contribution is 9.10. The Morgan fingerprint density at radius 2 is 1.95 bits per heavy atom. The second-order valence-corrected chi connectivity index (χ2v) is 6.35. The van der Waals surface area contributed by atoms with Crippen LogP contribution >= 0.6 is 43.5 Å². The fourth-order valence-corrected chi connectivity index (χ4v) is 2.67. The summed E-state index contributed by atoms with van der Waals surface area (Å²) in [6.45, 7) is -0.229. The number of aliphatic hydroxyl groups excluding tert-OH is 1. The lowest BCUT2D eigenvalue weighted by Crippen LogP contribution is -2.16. The van der Waals surface area contributed by atoms with Crippen LogP contribution in [0.4, 0.5) is 10.1 Å². The Morgan fingerprint density at radius 1 is 1.20 bits per heavy atom. The number of halogens is 4. The van der Waals surface area contributed by atoms with Gasteiger partial charge in [0.05, 0.1) is 17.7 Å². The lowest BCUT2D eigenvalue weighted by molar-refractivity contribution is 0.274. The molecule has 0 radical (unpaired) electrons. The van der Waals surface area contributed by atoms with Crippen molar-refractivity contribution >= 4 is 49.1 Å². The van der Waals surface area contributed by atoms with Gasteiger partial charge >= 0.3 is 0 Å². The maximum absolute atomic E-state index is 13.9. The molecule has 0 heterocycles. The van der Waals surface area contributed by atoms with Crippen LogP contribution < -0.4 is 5.32 Å². The summed E-state index contributed by atoms with van der Waals surface area (Å²) < 4.78 is 15.3. The summed E-state index contributed by atoms with van der Waals surface area (Å²) in [5, 5.41) is 13.2. The first-order valence-electron chi connectivity index (χ1n) is 5.78. The Morgan fingerprint density at radius 3 is 2.60 bits per heavy atom. The molecular weight excluding hydrogens is 412 g/mol. The smallest absolute Gasteiger partial charge is 0.128 e. The van der Waals surface area contributed by atoms with Crippen molar-refractivity contribution in [3.8, 4) is 0 Å². The monoisotopic (exact) mass is 421 g/mol. The largest absolute Gasteiger partial charge is 0.394 e. The topological polar surface area (TPSA) is 32.3 Å². The minimum atomic E-state index is -0.541. The standard InChI is InChI=1S/C14H11Br2ClFNO/c15-8-1-4-13(18)10(5-8)14(7-20)19-9-2-3-12(17)11(16)6-9/h1-6,14,19-20H,7H2. The van der Waals surface area contributed by atoms with E-state index in [1.165, 1.54) is 6.07 Å². The first-order chi connectivity index (χ1) is 9.51. The molecular formula is C14H11Br2ClFNO. The summed E-state index contributed by atoms with van der Waals surface area (Å²) >= 11 is 12.5. The molecule has 2 aromatic carbocycles. The van der Waals surface area contributed by atoms with Crippen molar-refractivity contribution in [1.29, 1.82) is 0 Å². The molecule has 6 heteroatoms. The molecule has 0 amide bonds. The Labute approximate surface area is 138 Å². The molecule has 1 unspecified atom stereocenters. The van der Waals surface area contributed by atoms with E-state index in [1.54, 1.807) is 30.3 Å². The van der Waals surface area contributed by atoms with Gasteiger partial charge in [-0.25, -0.2) is 4.39 Å². The Kier molecular flexibility index (Phi) is 5.43. The molecule has 0 fully saturated rings. The number of benzene rings is 2. The fourth-order valence-electron chi connectivity index (χ4n) is 1.79. The van der Waals surface area contributed by atoms with Gasteiger partial charge in [-0.2, -0.15) is 0 Å². The van der Waals surface area contributed by atoms with E-state index in [9.17, 15) is 9.50 Å². The lowest BCUT2D eigenvalue weighted by atomic mass is 10.1. The van der Waals surface area contributed by atoms with Crippen molar-refractivity contribution in [2.75, 3.05) is 11.9 Å². The van der Waals surface area contributed by atoms with Crippen molar-refractivity contribution in [1.82, 2.24) is 0 Å². The summed E-state index contributed by atoms with van der Waals surface area (Å²) in [6.07, 6.45) is 0. The molecule has 0 spiro atoms. The molecule has 0 saturated heterocycles. The van der Waals surface area contributed by atoms with Crippen LogP contribution in [0.2, 0.25) is 5.02 Å². The molecule has 2 rings (SSSR count). The molecule has 0 aliphatic carbocycles. The first kappa shape index (κ1) is 15.8. The predicted octanol–water partition coefficient (Wildman–Crippen LogP) is 5.15. The van der Waals surface area contributed by atoms with E-state index in [4.69, 9.17) is 11.6 Å². The Balaban J connectivity index is 2.28. The average molecular weight is 424 g/mol. The first-order valence-corrected chi connectivity index (χ1v) is 7.75. The van der Waals surface area contributed by atoms with E-state index >= 15 is 0 Å². The van der Waals surface area contributed by atoms with E-state index in [0.29, 0.717) is 10.6 Å². The Hall–Kier alpha value is -0.620. The summed E-state index contributed by atoms with van der Waals surface area (Å²) in [7, 11) is 0. The Bertz CT molecular complexity index is 624. The summed E-state index contributed by atoms with van der Waals surface area (Å²) in [5.41, 5.74) is 1.13. The number of hydrogen-bond donors (Lipinski definition) is 2. The van der Waals surface area contributed by atoms with Crippen molar-refractivity contribution in [3.05, 3.63) is 61.7 Å². The second-order valence-electron chi connectivity index (χ2n) is 4.17. The van der Waals surface area contributed by atoms with Gasteiger partial charge in [-0.1, -0.05) is 27.5 Å². The van der Waals surface area contributed by atoms with Gasteiger partial charge < -0.3 is 10.4 Å². The van der Waals surface area contributed by atoms with Crippen LogP contribution in [0.5, 0.6) is 0 Å². The highest BCUT2D eigenvalue weighted by atomic mass is 79.9. The zero-order valence-electron chi connectivity index (χ0n) is 10.2. The number of anilines is 1. The van der Waals surface area contributed by atoms with Gasteiger partial charge in [-0.05, 0) is 52.3 Å². The van der Waals surface area contributed by atoms with E-state index in [-0.39, 0.29) is 12.4 Å². The quantitative estimate of drug-likeness (QED) is 0.713. The van der Waals surface area contributed by atoms with Crippen LogP contribution in [-0.4, -0.2) is 11.7 Å². The molecule has 1 atom stereocenters. The number of nitrogens with one attached hydrogen (secondary N) is 1. The van der Waals surface area contributed by atoms with Crippen molar-refractivity contribution < 1.29 is 9.50 Å². The van der Waals surface area contributed by atoms with Crippen molar-refractivity contribution in [2.24, 2.45) is 0 Å². The van der Waals surface area contributed by atoms with Gasteiger partial charge in [0.1, 0.15) is 5.82 Å². The van der Waals surface area contributed by atoms with Gasteiger partial charge in [0.2, 0.25) is 0 Å². The third kappa shape index (κ3) is 3.73. The van der Waals surface area contributed by atoms with Crippen LogP contribution in [-0.2, 0) is 0 Å². The van der Waals surface area contributed by atoms with Gasteiger partial charge in [0, 0.05) is 20.2 Å². The molecule has 106 valence electrons. The molecule has 2 N–H and O–H groups in total. The molecule has 0 saturated carbocycles. The molecule has 0 aromatic heterocycles. The zero-order valence-corrected chi connectivity index (χ0v) is 14.1. The maximum Gasteiger partial charge on any atom is 0.128 e. The van der Waals surface area contributed by atoms with Gasteiger partial charge in [0.25, 0.3) is 0 Å². The van der Waals surface area contributed by atoms with Crippen molar-refractivity contribution in [3.63, 3.8) is 0 Å². The van der Waals surface area contributed by atoms with E-state index < -0.39 is 6.04 Å². The van der Waals surface area contributed by atoms with Gasteiger partial charge in [-0.15, -0.1) is 0 Å². The van der Waals surface area contributed by atoms with Crippen molar-refractivity contribution in [2.45, 2.75) is 6.04 Å². The molecule has 20 heavy (non-hydrogen) atoms.